The Morgan fingerprint density at radius 2 is 1.92 bits per heavy atom. The number of halogens is 3. The number of alkyl halides is 2. The largest absolute Gasteiger partial charge is 0.310 e. The van der Waals surface area contributed by atoms with Crippen LogP contribution < -0.4 is 4.90 Å². The highest BCUT2D eigenvalue weighted by Crippen LogP contribution is 2.30. The van der Waals surface area contributed by atoms with Crippen molar-refractivity contribution >= 4 is 23.2 Å². The first-order valence-corrected chi connectivity index (χ1v) is 8.74. The van der Waals surface area contributed by atoms with E-state index in [4.69, 9.17) is 11.6 Å². The zero-order valence-electron chi connectivity index (χ0n) is 13.5. The van der Waals surface area contributed by atoms with Gasteiger partial charge in [0.25, 0.3) is 6.43 Å². The number of nitrogens with zero attached hydrogens (tertiary/aromatic N) is 3. The van der Waals surface area contributed by atoms with Crippen LogP contribution in [-0.4, -0.2) is 67.4 Å². The molecule has 2 aliphatic rings. The molecule has 1 aromatic rings. The third-order valence-corrected chi connectivity index (χ3v) is 5.10. The van der Waals surface area contributed by atoms with E-state index >= 15 is 0 Å². The SMILES string of the molecule is O=C1C(N2CCCN(CC(F)F)CC2)CCN1c1ccccc1Cl. The number of hydrogen-bond donors (Lipinski definition) is 0. The van der Waals surface area contributed by atoms with Crippen molar-refractivity contribution in [3.63, 3.8) is 0 Å². The molecule has 1 atom stereocenters. The molecule has 24 heavy (non-hydrogen) atoms. The normalized spacial score (nSPS) is 23.9. The molecular formula is C17H22ClF2N3O. The Bertz CT molecular complexity index is 587. The lowest BCUT2D eigenvalue weighted by molar-refractivity contribution is -0.121. The van der Waals surface area contributed by atoms with E-state index in [0.717, 1.165) is 25.1 Å². The number of para-hydroxylation sites is 1. The van der Waals surface area contributed by atoms with Crippen LogP contribution in [0.4, 0.5) is 14.5 Å². The second kappa shape index (κ2) is 7.76. The summed E-state index contributed by atoms with van der Waals surface area (Å²) >= 11 is 6.21. The molecule has 0 N–H and O–H groups in total. The zero-order valence-corrected chi connectivity index (χ0v) is 14.3. The molecule has 132 valence electrons. The molecule has 0 aromatic heterocycles. The van der Waals surface area contributed by atoms with Gasteiger partial charge < -0.3 is 4.90 Å². The maximum Gasteiger partial charge on any atom is 0.251 e. The second-order valence-corrected chi connectivity index (χ2v) is 6.73. The van der Waals surface area contributed by atoms with Crippen LogP contribution in [0.3, 0.4) is 0 Å². The quantitative estimate of drug-likeness (QED) is 0.829. The number of amides is 1. The van der Waals surface area contributed by atoms with Crippen molar-refractivity contribution in [2.75, 3.05) is 44.2 Å². The van der Waals surface area contributed by atoms with Gasteiger partial charge in [-0.25, -0.2) is 8.78 Å². The van der Waals surface area contributed by atoms with Gasteiger partial charge in [0.15, 0.2) is 0 Å². The fourth-order valence-corrected chi connectivity index (χ4v) is 3.83. The van der Waals surface area contributed by atoms with Crippen LogP contribution in [0.5, 0.6) is 0 Å². The third kappa shape index (κ3) is 3.87. The summed E-state index contributed by atoms with van der Waals surface area (Å²) in [7, 11) is 0. The van der Waals surface area contributed by atoms with Gasteiger partial charge in [-0.3, -0.25) is 14.6 Å². The highest BCUT2D eigenvalue weighted by molar-refractivity contribution is 6.33. The zero-order chi connectivity index (χ0) is 17.1. The first-order chi connectivity index (χ1) is 11.6. The van der Waals surface area contributed by atoms with E-state index in [9.17, 15) is 13.6 Å². The smallest absolute Gasteiger partial charge is 0.251 e. The molecule has 0 bridgehead atoms. The predicted octanol–water partition coefficient (Wildman–Crippen LogP) is 2.72. The maximum atomic E-state index is 12.8. The van der Waals surface area contributed by atoms with Crippen LogP contribution in [0.15, 0.2) is 24.3 Å². The van der Waals surface area contributed by atoms with E-state index in [-0.39, 0.29) is 18.5 Å². The number of carbonyl (C=O) groups is 1. The van der Waals surface area contributed by atoms with Crippen LogP contribution >= 0.6 is 11.6 Å². The molecule has 2 saturated heterocycles. The van der Waals surface area contributed by atoms with Gasteiger partial charge in [-0.1, -0.05) is 23.7 Å². The number of hydrogen-bond acceptors (Lipinski definition) is 3. The standard InChI is InChI=1S/C17H22ClF2N3O/c18-13-4-1-2-5-14(13)23-9-6-15(17(23)24)22-8-3-7-21(10-11-22)12-16(19)20/h1-2,4-5,15-16H,3,6-12H2. The van der Waals surface area contributed by atoms with Crippen LogP contribution in [0, 0.1) is 0 Å². The van der Waals surface area contributed by atoms with E-state index in [2.05, 4.69) is 4.90 Å². The molecule has 2 fully saturated rings. The Labute approximate surface area is 146 Å². The van der Waals surface area contributed by atoms with Gasteiger partial charge in [-0.2, -0.15) is 0 Å². The van der Waals surface area contributed by atoms with Crippen LogP contribution in [-0.2, 0) is 4.79 Å². The number of anilines is 1. The van der Waals surface area contributed by atoms with Gasteiger partial charge >= 0.3 is 0 Å². The Kier molecular flexibility index (Phi) is 5.69. The summed E-state index contributed by atoms with van der Waals surface area (Å²) in [4.78, 5) is 18.5. The lowest BCUT2D eigenvalue weighted by atomic mass is 10.2. The average Bonchev–Trinajstić information content (AvgIpc) is 2.77. The fourth-order valence-electron chi connectivity index (χ4n) is 3.59. The minimum atomic E-state index is -2.31. The Hall–Kier alpha value is -1.24. The van der Waals surface area contributed by atoms with E-state index in [0.29, 0.717) is 31.2 Å². The molecule has 2 aliphatic heterocycles. The van der Waals surface area contributed by atoms with Crippen molar-refractivity contribution in [3.8, 4) is 0 Å². The van der Waals surface area contributed by atoms with E-state index in [1.165, 1.54) is 0 Å². The molecular weight excluding hydrogens is 336 g/mol. The monoisotopic (exact) mass is 357 g/mol. The maximum absolute atomic E-state index is 12.8. The Morgan fingerprint density at radius 1 is 1.12 bits per heavy atom. The molecule has 2 heterocycles. The lowest BCUT2D eigenvalue weighted by Gasteiger charge is -2.27. The number of rotatable bonds is 4. The van der Waals surface area contributed by atoms with Crippen LogP contribution in [0.25, 0.3) is 0 Å². The third-order valence-electron chi connectivity index (χ3n) is 4.78. The summed E-state index contributed by atoms with van der Waals surface area (Å²) < 4.78 is 25.1. The molecule has 3 rings (SSSR count). The van der Waals surface area contributed by atoms with Gasteiger partial charge in [-0.05, 0) is 31.5 Å². The molecule has 1 amide bonds. The van der Waals surface area contributed by atoms with Crippen molar-refractivity contribution in [2.45, 2.75) is 25.3 Å². The molecule has 1 aromatic carbocycles. The summed E-state index contributed by atoms with van der Waals surface area (Å²) in [6, 6.07) is 7.18. The predicted molar refractivity (Wildman–Crippen MR) is 90.8 cm³/mol. The van der Waals surface area contributed by atoms with Crippen LogP contribution in [0.1, 0.15) is 12.8 Å². The number of benzene rings is 1. The van der Waals surface area contributed by atoms with E-state index in [1.54, 1.807) is 15.9 Å². The number of carbonyl (C=O) groups excluding carboxylic acids is 1. The second-order valence-electron chi connectivity index (χ2n) is 6.33. The summed E-state index contributed by atoms with van der Waals surface area (Å²) in [5.41, 5.74) is 0.751. The molecule has 0 aliphatic carbocycles. The van der Waals surface area contributed by atoms with Crippen molar-refractivity contribution in [1.82, 2.24) is 9.80 Å². The highest BCUT2D eigenvalue weighted by Gasteiger charge is 2.37. The topological polar surface area (TPSA) is 26.8 Å². The van der Waals surface area contributed by atoms with Gasteiger partial charge in [0.1, 0.15) is 0 Å². The first-order valence-electron chi connectivity index (χ1n) is 8.36. The van der Waals surface area contributed by atoms with Gasteiger partial charge in [-0.15, -0.1) is 0 Å². The van der Waals surface area contributed by atoms with E-state index < -0.39 is 6.43 Å². The summed E-state index contributed by atoms with van der Waals surface area (Å²) in [6.07, 6.45) is -0.748. The van der Waals surface area contributed by atoms with E-state index in [1.807, 2.05) is 18.2 Å². The molecule has 7 heteroatoms. The average molecular weight is 358 g/mol. The van der Waals surface area contributed by atoms with Crippen molar-refractivity contribution < 1.29 is 13.6 Å². The van der Waals surface area contributed by atoms with Gasteiger partial charge in [0.2, 0.25) is 5.91 Å². The Morgan fingerprint density at radius 3 is 2.67 bits per heavy atom. The minimum Gasteiger partial charge on any atom is -0.310 e. The van der Waals surface area contributed by atoms with Crippen LogP contribution in [0.2, 0.25) is 5.02 Å². The lowest BCUT2D eigenvalue weighted by Crippen LogP contribution is -2.44. The molecule has 0 radical (unpaired) electrons. The van der Waals surface area contributed by atoms with Gasteiger partial charge in [0.05, 0.1) is 23.3 Å². The summed E-state index contributed by atoms with van der Waals surface area (Å²) in [5.74, 6) is 0.0606. The Balaban J connectivity index is 1.64. The highest BCUT2D eigenvalue weighted by atomic mass is 35.5. The molecule has 0 saturated carbocycles. The van der Waals surface area contributed by atoms with Gasteiger partial charge in [0, 0.05) is 26.2 Å². The van der Waals surface area contributed by atoms with Crippen molar-refractivity contribution in [2.24, 2.45) is 0 Å². The molecule has 4 nitrogen and oxygen atoms in total. The molecule has 1 unspecified atom stereocenters. The minimum absolute atomic E-state index is 0.0606. The van der Waals surface area contributed by atoms with Crippen molar-refractivity contribution in [1.29, 1.82) is 0 Å². The first kappa shape index (κ1) is 17.6. The summed E-state index contributed by atoms with van der Waals surface area (Å²) in [5, 5.41) is 0.575. The fraction of sp³-hybridized carbons (Fsp3) is 0.588. The summed E-state index contributed by atoms with van der Waals surface area (Å²) in [6.45, 7) is 3.13. The van der Waals surface area contributed by atoms with Crippen molar-refractivity contribution in [3.05, 3.63) is 29.3 Å². The molecule has 0 spiro atoms.